The summed E-state index contributed by atoms with van der Waals surface area (Å²) in [7, 11) is 4.71. The number of aliphatic imine (C=N–C) groups is 1. The van der Waals surface area contributed by atoms with Gasteiger partial charge in [0.15, 0.2) is 35.4 Å². The van der Waals surface area contributed by atoms with Crippen LogP contribution in [-0.4, -0.2) is 52.6 Å². The van der Waals surface area contributed by atoms with Crippen molar-refractivity contribution in [3.8, 4) is 23.0 Å². The maximum atomic E-state index is 6.02. The van der Waals surface area contributed by atoms with Crippen molar-refractivity contribution in [3.05, 3.63) is 12.1 Å². The van der Waals surface area contributed by atoms with E-state index in [0.29, 0.717) is 35.4 Å². The Morgan fingerprint density at radius 2 is 1.86 bits per heavy atom. The molecule has 1 unspecified atom stereocenters. The lowest BCUT2D eigenvalue weighted by atomic mass is 10.2. The highest BCUT2D eigenvalue weighted by Gasteiger charge is 2.45. The van der Waals surface area contributed by atoms with Crippen LogP contribution >= 0.6 is 0 Å². The predicted molar refractivity (Wildman–Crippen MR) is 75.7 cm³/mol. The van der Waals surface area contributed by atoms with Gasteiger partial charge in [0.2, 0.25) is 0 Å². The molecule has 0 aromatic heterocycles. The molecule has 3 rings (SSSR count). The number of methoxy groups -OCH3 is 3. The molecule has 1 aromatic carbocycles. The summed E-state index contributed by atoms with van der Waals surface area (Å²) in [5, 5.41) is 3.16. The molecular weight excluding hydrogens is 276 g/mol. The molecule has 7 nitrogen and oxygen atoms in total. The van der Waals surface area contributed by atoms with E-state index >= 15 is 0 Å². The SMILES string of the molecule is COc1cc2c(cc1OC)OC(OC)(C1=NCCN1)CO2. The van der Waals surface area contributed by atoms with Crippen LogP contribution in [-0.2, 0) is 4.74 Å². The summed E-state index contributed by atoms with van der Waals surface area (Å²) in [5.74, 6) is 1.85. The molecule has 0 amide bonds. The molecule has 1 N–H and O–H groups in total. The number of hydrogen-bond acceptors (Lipinski definition) is 7. The van der Waals surface area contributed by atoms with E-state index in [4.69, 9.17) is 23.7 Å². The van der Waals surface area contributed by atoms with Crippen LogP contribution in [0.2, 0.25) is 0 Å². The van der Waals surface area contributed by atoms with Gasteiger partial charge in [-0.3, -0.25) is 4.99 Å². The summed E-state index contributed by atoms with van der Waals surface area (Å²) in [6.45, 7) is 1.67. The Labute approximate surface area is 122 Å². The molecule has 0 radical (unpaired) electrons. The number of rotatable bonds is 4. The van der Waals surface area contributed by atoms with Gasteiger partial charge in [0.1, 0.15) is 0 Å². The van der Waals surface area contributed by atoms with E-state index in [0.717, 1.165) is 6.54 Å². The highest BCUT2D eigenvalue weighted by Crippen LogP contribution is 2.43. The monoisotopic (exact) mass is 294 g/mol. The number of nitrogens with one attached hydrogen (secondary N) is 1. The zero-order valence-electron chi connectivity index (χ0n) is 12.3. The minimum absolute atomic E-state index is 0.206. The van der Waals surface area contributed by atoms with Crippen molar-refractivity contribution in [1.29, 1.82) is 0 Å². The van der Waals surface area contributed by atoms with E-state index in [9.17, 15) is 0 Å². The number of hydrogen-bond donors (Lipinski definition) is 1. The van der Waals surface area contributed by atoms with Crippen molar-refractivity contribution in [2.75, 3.05) is 41.0 Å². The van der Waals surface area contributed by atoms with Crippen LogP contribution in [0.3, 0.4) is 0 Å². The topological polar surface area (TPSA) is 70.5 Å². The minimum atomic E-state index is -1.05. The Bertz CT molecular complexity index is 575. The number of fused-ring (bicyclic) bond motifs is 1. The molecule has 0 saturated heterocycles. The summed E-state index contributed by atoms with van der Waals surface area (Å²) >= 11 is 0. The summed E-state index contributed by atoms with van der Waals surface area (Å²) < 4.78 is 27.9. The van der Waals surface area contributed by atoms with Gasteiger partial charge >= 0.3 is 5.79 Å². The van der Waals surface area contributed by atoms with Crippen LogP contribution in [0.25, 0.3) is 0 Å². The second kappa shape index (κ2) is 5.33. The first-order valence-corrected chi connectivity index (χ1v) is 6.64. The molecule has 114 valence electrons. The summed E-state index contributed by atoms with van der Waals surface area (Å²) in [5.41, 5.74) is 0. The first kappa shape index (κ1) is 13.8. The van der Waals surface area contributed by atoms with Crippen LogP contribution in [0.4, 0.5) is 0 Å². The van der Waals surface area contributed by atoms with Gasteiger partial charge in [-0.15, -0.1) is 0 Å². The maximum Gasteiger partial charge on any atom is 0.303 e. The highest BCUT2D eigenvalue weighted by atomic mass is 16.7. The van der Waals surface area contributed by atoms with Gasteiger partial charge in [-0.2, -0.15) is 0 Å². The Hall–Kier alpha value is -2.15. The predicted octanol–water partition coefficient (Wildman–Crippen LogP) is 0.819. The van der Waals surface area contributed by atoms with Crippen LogP contribution in [0.5, 0.6) is 23.0 Å². The van der Waals surface area contributed by atoms with Crippen molar-refractivity contribution in [1.82, 2.24) is 5.32 Å². The number of amidine groups is 1. The Balaban J connectivity index is 1.97. The fraction of sp³-hybridized carbons (Fsp3) is 0.500. The molecule has 21 heavy (non-hydrogen) atoms. The third-order valence-electron chi connectivity index (χ3n) is 3.51. The molecule has 7 heteroatoms. The molecule has 0 spiro atoms. The zero-order chi connectivity index (χ0) is 14.9. The minimum Gasteiger partial charge on any atom is -0.493 e. The van der Waals surface area contributed by atoms with Gasteiger partial charge in [-0.1, -0.05) is 0 Å². The largest absolute Gasteiger partial charge is 0.493 e. The third-order valence-corrected chi connectivity index (χ3v) is 3.51. The normalized spacial score (nSPS) is 23.3. The van der Waals surface area contributed by atoms with Crippen LogP contribution in [0.1, 0.15) is 0 Å². The fourth-order valence-electron chi connectivity index (χ4n) is 2.38. The van der Waals surface area contributed by atoms with Crippen LogP contribution < -0.4 is 24.3 Å². The molecule has 2 heterocycles. The zero-order valence-corrected chi connectivity index (χ0v) is 12.3. The van der Waals surface area contributed by atoms with E-state index in [1.54, 1.807) is 33.5 Å². The molecule has 1 atom stereocenters. The van der Waals surface area contributed by atoms with Gasteiger partial charge in [-0.25, -0.2) is 0 Å². The van der Waals surface area contributed by atoms with Crippen molar-refractivity contribution in [3.63, 3.8) is 0 Å². The summed E-state index contributed by atoms with van der Waals surface area (Å²) in [6, 6.07) is 3.45. The average molecular weight is 294 g/mol. The van der Waals surface area contributed by atoms with E-state index < -0.39 is 5.79 Å². The standard InChI is InChI=1S/C14H18N2O5/c1-17-9-6-11-12(7-10(9)18-2)21-14(19-3,8-20-11)13-15-4-5-16-13/h6-7H,4-5,8H2,1-3H3,(H,15,16). The molecule has 2 aliphatic heterocycles. The van der Waals surface area contributed by atoms with Gasteiger partial charge in [0, 0.05) is 25.8 Å². The van der Waals surface area contributed by atoms with Crippen molar-refractivity contribution in [2.45, 2.75) is 5.79 Å². The van der Waals surface area contributed by atoms with Crippen molar-refractivity contribution < 1.29 is 23.7 Å². The quantitative estimate of drug-likeness (QED) is 0.886. The summed E-state index contributed by atoms with van der Waals surface area (Å²) in [4.78, 5) is 4.37. The van der Waals surface area contributed by atoms with Crippen molar-refractivity contribution >= 4 is 5.84 Å². The number of benzene rings is 1. The van der Waals surface area contributed by atoms with E-state index in [-0.39, 0.29) is 6.61 Å². The van der Waals surface area contributed by atoms with Gasteiger partial charge < -0.3 is 29.0 Å². The van der Waals surface area contributed by atoms with Gasteiger partial charge in [0.05, 0.1) is 20.8 Å². The molecule has 2 aliphatic rings. The van der Waals surface area contributed by atoms with Gasteiger partial charge in [-0.05, 0) is 0 Å². The highest BCUT2D eigenvalue weighted by molar-refractivity contribution is 5.91. The molecule has 1 aromatic rings. The Kier molecular flexibility index (Phi) is 3.50. The first-order valence-electron chi connectivity index (χ1n) is 6.64. The van der Waals surface area contributed by atoms with Crippen LogP contribution in [0.15, 0.2) is 17.1 Å². The molecule has 0 aliphatic carbocycles. The lowest BCUT2D eigenvalue weighted by Crippen LogP contribution is -2.57. The molecule has 0 fully saturated rings. The molecular formula is C14H18N2O5. The molecule has 0 bridgehead atoms. The maximum absolute atomic E-state index is 6.02. The van der Waals surface area contributed by atoms with Crippen molar-refractivity contribution in [2.24, 2.45) is 4.99 Å². The fourth-order valence-corrected chi connectivity index (χ4v) is 2.38. The van der Waals surface area contributed by atoms with E-state index in [1.807, 2.05) is 0 Å². The Morgan fingerprint density at radius 3 is 2.43 bits per heavy atom. The lowest BCUT2D eigenvalue weighted by Gasteiger charge is -2.36. The second-order valence-electron chi connectivity index (χ2n) is 4.66. The third kappa shape index (κ3) is 2.23. The smallest absolute Gasteiger partial charge is 0.303 e. The van der Waals surface area contributed by atoms with E-state index in [2.05, 4.69) is 10.3 Å². The van der Waals surface area contributed by atoms with E-state index in [1.165, 1.54) is 0 Å². The first-order chi connectivity index (χ1) is 10.2. The van der Waals surface area contributed by atoms with Gasteiger partial charge in [0.25, 0.3) is 0 Å². The number of ether oxygens (including phenoxy) is 5. The average Bonchev–Trinajstić information content (AvgIpc) is 3.07. The summed E-state index contributed by atoms with van der Waals surface area (Å²) in [6.07, 6.45) is 0. The van der Waals surface area contributed by atoms with Crippen LogP contribution in [0, 0.1) is 0 Å². The number of nitrogens with zero attached hydrogens (tertiary/aromatic N) is 1. The molecule has 0 saturated carbocycles. The second-order valence-corrected chi connectivity index (χ2v) is 4.66. The Morgan fingerprint density at radius 1 is 1.14 bits per heavy atom. The lowest BCUT2D eigenvalue weighted by molar-refractivity contribution is -0.145.